The zero-order valence-electron chi connectivity index (χ0n) is 11.6. The second kappa shape index (κ2) is 7.25. The van der Waals surface area contributed by atoms with Gasteiger partial charge in [0.15, 0.2) is 0 Å². The summed E-state index contributed by atoms with van der Waals surface area (Å²) in [7, 11) is 0. The Morgan fingerprint density at radius 3 is 2.67 bits per heavy atom. The van der Waals surface area contributed by atoms with Gasteiger partial charge >= 0.3 is 0 Å². The Labute approximate surface area is 137 Å². The SMILES string of the molecule is CCC(N)Cc1ccc(Oc2ccc(F)c(Cl)c2)c(Br)c1. The topological polar surface area (TPSA) is 35.2 Å². The Morgan fingerprint density at radius 1 is 1.29 bits per heavy atom. The Morgan fingerprint density at radius 2 is 2.05 bits per heavy atom. The lowest BCUT2D eigenvalue weighted by Crippen LogP contribution is -2.21. The van der Waals surface area contributed by atoms with Gasteiger partial charge in [-0.25, -0.2) is 4.39 Å². The molecular weight excluding hydrogens is 357 g/mol. The van der Waals surface area contributed by atoms with E-state index in [0.717, 1.165) is 22.9 Å². The van der Waals surface area contributed by atoms with Gasteiger partial charge in [-0.2, -0.15) is 0 Å². The van der Waals surface area contributed by atoms with E-state index in [2.05, 4.69) is 22.9 Å². The number of rotatable bonds is 5. The van der Waals surface area contributed by atoms with E-state index in [1.54, 1.807) is 0 Å². The third-order valence-electron chi connectivity index (χ3n) is 3.14. The van der Waals surface area contributed by atoms with Crippen LogP contribution in [0.3, 0.4) is 0 Å². The molecule has 0 spiro atoms. The fraction of sp³-hybridized carbons (Fsp3) is 0.250. The van der Waals surface area contributed by atoms with Gasteiger partial charge in [0.2, 0.25) is 0 Å². The molecule has 2 aromatic rings. The normalized spacial score (nSPS) is 12.2. The minimum absolute atomic E-state index is 0.0363. The molecular formula is C16H16BrClFNO. The first-order valence-electron chi connectivity index (χ1n) is 6.66. The molecule has 5 heteroatoms. The molecule has 0 aliphatic carbocycles. The van der Waals surface area contributed by atoms with E-state index in [1.165, 1.54) is 18.2 Å². The maximum absolute atomic E-state index is 13.1. The number of ether oxygens (including phenoxy) is 1. The van der Waals surface area contributed by atoms with Crippen LogP contribution < -0.4 is 10.5 Å². The molecule has 2 rings (SSSR count). The molecule has 0 radical (unpaired) electrons. The quantitative estimate of drug-likeness (QED) is 0.771. The first-order valence-corrected chi connectivity index (χ1v) is 7.83. The Bertz CT molecular complexity index is 636. The molecule has 0 aliphatic rings. The predicted octanol–water partition coefficient (Wildman–Crippen LogP) is 5.31. The lowest BCUT2D eigenvalue weighted by molar-refractivity contribution is 0.477. The van der Waals surface area contributed by atoms with E-state index in [9.17, 15) is 4.39 Å². The average molecular weight is 373 g/mol. The smallest absolute Gasteiger partial charge is 0.142 e. The average Bonchev–Trinajstić information content (AvgIpc) is 2.45. The van der Waals surface area contributed by atoms with Crippen molar-refractivity contribution in [3.63, 3.8) is 0 Å². The lowest BCUT2D eigenvalue weighted by atomic mass is 10.0. The van der Waals surface area contributed by atoms with E-state index < -0.39 is 5.82 Å². The van der Waals surface area contributed by atoms with Crippen molar-refractivity contribution in [2.45, 2.75) is 25.8 Å². The Balaban J connectivity index is 2.15. The zero-order chi connectivity index (χ0) is 15.4. The fourth-order valence-corrected chi connectivity index (χ4v) is 2.55. The fourth-order valence-electron chi connectivity index (χ4n) is 1.87. The summed E-state index contributed by atoms with van der Waals surface area (Å²) in [6.07, 6.45) is 1.75. The Kier molecular flexibility index (Phi) is 5.62. The van der Waals surface area contributed by atoms with E-state index >= 15 is 0 Å². The summed E-state index contributed by atoms with van der Waals surface area (Å²) in [5.41, 5.74) is 7.09. The summed E-state index contributed by atoms with van der Waals surface area (Å²) in [5.74, 6) is 0.665. The van der Waals surface area contributed by atoms with Gasteiger partial charge in [-0.15, -0.1) is 0 Å². The highest BCUT2D eigenvalue weighted by Gasteiger charge is 2.08. The molecule has 0 aliphatic heterocycles. The molecule has 0 heterocycles. The molecule has 2 aromatic carbocycles. The second-order valence-corrected chi connectivity index (χ2v) is 6.08. The van der Waals surface area contributed by atoms with Crippen molar-refractivity contribution in [2.24, 2.45) is 5.73 Å². The van der Waals surface area contributed by atoms with Crippen LogP contribution in [0.2, 0.25) is 5.02 Å². The van der Waals surface area contributed by atoms with E-state index in [-0.39, 0.29) is 11.1 Å². The zero-order valence-corrected chi connectivity index (χ0v) is 13.9. The first-order chi connectivity index (χ1) is 9.99. The van der Waals surface area contributed by atoms with Gasteiger partial charge in [0.1, 0.15) is 17.3 Å². The van der Waals surface area contributed by atoms with E-state index in [1.807, 2.05) is 18.2 Å². The largest absolute Gasteiger partial charge is 0.456 e. The molecule has 1 unspecified atom stereocenters. The van der Waals surface area contributed by atoms with E-state index in [4.69, 9.17) is 22.1 Å². The molecule has 21 heavy (non-hydrogen) atoms. The number of halogens is 3. The van der Waals surface area contributed by atoms with Gasteiger partial charge in [0.25, 0.3) is 0 Å². The van der Waals surface area contributed by atoms with Crippen molar-refractivity contribution in [3.05, 3.63) is 57.3 Å². The highest BCUT2D eigenvalue weighted by molar-refractivity contribution is 9.10. The molecule has 2 nitrogen and oxygen atoms in total. The molecule has 2 N–H and O–H groups in total. The van der Waals surface area contributed by atoms with Crippen molar-refractivity contribution in [1.82, 2.24) is 0 Å². The number of hydrogen-bond acceptors (Lipinski definition) is 2. The van der Waals surface area contributed by atoms with Crippen LogP contribution in [0.15, 0.2) is 40.9 Å². The first kappa shape index (κ1) is 16.3. The molecule has 0 fully saturated rings. The number of hydrogen-bond donors (Lipinski definition) is 1. The number of nitrogens with two attached hydrogens (primary N) is 1. The molecule has 0 amide bonds. The molecule has 0 saturated carbocycles. The summed E-state index contributed by atoms with van der Waals surface area (Å²) in [6.45, 7) is 2.06. The maximum Gasteiger partial charge on any atom is 0.142 e. The van der Waals surface area contributed by atoms with Crippen LogP contribution in [0.4, 0.5) is 4.39 Å². The van der Waals surface area contributed by atoms with Crippen molar-refractivity contribution in [2.75, 3.05) is 0 Å². The van der Waals surface area contributed by atoms with Crippen molar-refractivity contribution in [3.8, 4) is 11.5 Å². The molecule has 0 aromatic heterocycles. The molecule has 1 atom stereocenters. The minimum Gasteiger partial charge on any atom is -0.456 e. The summed E-state index contributed by atoms with van der Waals surface area (Å²) in [6, 6.07) is 10.2. The van der Waals surface area contributed by atoms with Crippen molar-refractivity contribution >= 4 is 27.5 Å². The minimum atomic E-state index is -0.466. The standard InChI is InChI=1S/C16H16BrClFNO/c1-2-11(20)7-10-3-6-16(13(17)8-10)21-12-4-5-15(19)14(18)9-12/h3-6,8-9,11H,2,7,20H2,1H3. The third-order valence-corrected chi connectivity index (χ3v) is 4.05. The molecule has 112 valence electrons. The highest BCUT2D eigenvalue weighted by Crippen LogP contribution is 2.32. The van der Waals surface area contributed by atoms with Crippen molar-refractivity contribution in [1.29, 1.82) is 0 Å². The van der Waals surface area contributed by atoms with Crippen LogP contribution in [-0.4, -0.2) is 6.04 Å². The highest BCUT2D eigenvalue weighted by atomic mass is 79.9. The Hall–Kier alpha value is -1.10. The maximum atomic E-state index is 13.1. The van der Waals surface area contributed by atoms with Gasteiger partial charge in [0.05, 0.1) is 9.50 Å². The summed E-state index contributed by atoms with van der Waals surface area (Å²) < 4.78 is 19.6. The van der Waals surface area contributed by atoms with Gasteiger partial charge in [-0.3, -0.25) is 0 Å². The van der Waals surface area contributed by atoms with Gasteiger partial charge in [0, 0.05) is 12.1 Å². The number of benzene rings is 2. The van der Waals surface area contributed by atoms with Gasteiger partial charge in [-0.05, 0) is 58.6 Å². The van der Waals surface area contributed by atoms with Crippen LogP contribution in [0.25, 0.3) is 0 Å². The third kappa shape index (κ3) is 4.43. The second-order valence-electron chi connectivity index (χ2n) is 4.82. The molecule has 0 bridgehead atoms. The summed E-state index contributed by atoms with van der Waals surface area (Å²) in [5, 5.41) is 0.0363. The van der Waals surface area contributed by atoms with Gasteiger partial charge < -0.3 is 10.5 Å². The summed E-state index contributed by atoms with van der Waals surface area (Å²) >= 11 is 9.21. The predicted molar refractivity (Wildman–Crippen MR) is 87.6 cm³/mol. The lowest BCUT2D eigenvalue weighted by Gasteiger charge is -2.12. The van der Waals surface area contributed by atoms with Crippen LogP contribution in [0.1, 0.15) is 18.9 Å². The van der Waals surface area contributed by atoms with Crippen LogP contribution >= 0.6 is 27.5 Å². The van der Waals surface area contributed by atoms with Crippen molar-refractivity contribution < 1.29 is 9.13 Å². The van der Waals surface area contributed by atoms with Crippen LogP contribution in [0.5, 0.6) is 11.5 Å². The summed E-state index contributed by atoms with van der Waals surface area (Å²) in [4.78, 5) is 0. The van der Waals surface area contributed by atoms with E-state index in [0.29, 0.717) is 11.5 Å². The van der Waals surface area contributed by atoms with Crippen LogP contribution in [-0.2, 0) is 6.42 Å². The van der Waals surface area contributed by atoms with Gasteiger partial charge in [-0.1, -0.05) is 24.6 Å². The monoisotopic (exact) mass is 371 g/mol. The molecule has 0 saturated heterocycles. The van der Waals surface area contributed by atoms with Crippen LogP contribution in [0, 0.1) is 5.82 Å².